The summed E-state index contributed by atoms with van der Waals surface area (Å²) in [5.74, 6) is -1.11. The summed E-state index contributed by atoms with van der Waals surface area (Å²) in [4.78, 5) is 38.4. The molecule has 3 rings (SSSR count). The van der Waals surface area contributed by atoms with Crippen LogP contribution in [0.1, 0.15) is 42.6 Å². The van der Waals surface area contributed by atoms with Gasteiger partial charge in [0.15, 0.2) is 6.10 Å². The number of hydrogen-bond donors (Lipinski definition) is 1. The first-order chi connectivity index (χ1) is 13.9. The van der Waals surface area contributed by atoms with E-state index in [0.717, 1.165) is 18.4 Å². The van der Waals surface area contributed by atoms with Crippen molar-refractivity contribution in [2.24, 2.45) is 0 Å². The Morgan fingerprint density at radius 2 is 1.93 bits per heavy atom. The number of anilines is 2. The first kappa shape index (κ1) is 20.9. The van der Waals surface area contributed by atoms with Crippen molar-refractivity contribution in [3.05, 3.63) is 58.6 Å². The zero-order valence-electron chi connectivity index (χ0n) is 16.4. The summed E-state index contributed by atoms with van der Waals surface area (Å²) in [6, 6.07) is 12.1. The molecule has 0 bridgehead atoms. The number of nitrogens with one attached hydrogen (secondary N) is 1. The molecule has 7 heteroatoms. The smallest absolute Gasteiger partial charge is 0.338 e. The number of carbonyl (C=O) groups is 3. The van der Waals surface area contributed by atoms with E-state index in [2.05, 4.69) is 12.2 Å². The van der Waals surface area contributed by atoms with Crippen molar-refractivity contribution in [1.82, 2.24) is 0 Å². The second kappa shape index (κ2) is 9.09. The molecule has 0 radical (unpaired) electrons. The van der Waals surface area contributed by atoms with Crippen LogP contribution in [0.3, 0.4) is 0 Å². The van der Waals surface area contributed by atoms with E-state index in [-0.39, 0.29) is 11.5 Å². The van der Waals surface area contributed by atoms with Gasteiger partial charge in [0.05, 0.1) is 16.3 Å². The summed E-state index contributed by atoms with van der Waals surface area (Å²) < 4.78 is 5.30. The van der Waals surface area contributed by atoms with Gasteiger partial charge in [-0.1, -0.05) is 30.7 Å². The number of carbonyl (C=O) groups excluding carboxylic acids is 3. The Kier molecular flexibility index (Phi) is 6.54. The maximum atomic E-state index is 12.5. The summed E-state index contributed by atoms with van der Waals surface area (Å²) in [7, 11) is 0. The van der Waals surface area contributed by atoms with Crippen LogP contribution in [0.2, 0.25) is 5.02 Å². The minimum Gasteiger partial charge on any atom is -0.449 e. The Hall–Kier alpha value is -2.86. The second-order valence-electron chi connectivity index (χ2n) is 6.90. The Morgan fingerprint density at radius 1 is 1.21 bits per heavy atom. The summed E-state index contributed by atoms with van der Waals surface area (Å²) >= 11 is 6.20. The van der Waals surface area contributed by atoms with E-state index < -0.39 is 18.0 Å². The minimum absolute atomic E-state index is 0.0285. The van der Waals surface area contributed by atoms with Gasteiger partial charge in [-0.3, -0.25) is 9.59 Å². The van der Waals surface area contributed by atoms with E-state index in [1.54, 1.807) is 11.0 Å². The highest BCUT2D eigenvalue weighted by atomic mass is 35.5. The van der Waals surface area contributed by atoms with Crippen molar-refractivity contribution in [1.29, 1.82) is 0 Å². The van der Waals surface area contributed by atoms with Gasteiger partial charge >= 0.3 is 5.97 Å². The lowest BCUT2D eigenvalue weighted by molar-refractivity contribution is -0.123. The predicted octanol–water partition coefficient (Wildman–Crippen LogP) is 4.21. The Bertz CT molecular complexity index is 927. The van der Waals surface area contributed by atoms with Gasteiger partial charge in [-0.25, -0.2) is 4.79 Å². The first-order valence-electron chi connectivity index (χ1n) is 9.59. The number of halogens is 1. The van der Waals surface area contributed by atoms with Gasteiger partial charge in [0.2, 0.25) is 5.91 Å². The molecule has 29 heavy (non-hydrogen) atoms. The average molecular weight is 415 g/mol. The van der Waals surface area contributed by atoms with Gasteiger partial charge in [0.1, 0.15) is 0 Å². The monoisotopic (exact) mass is 414 g/mol. The van der Waals surface area contributed by atoms with E-state index in [4.69, 9.17) is 16.3 Å². The molecule has 2 aromatic rings. The lowest BCUT2D eigenvalue weighted by atomic mass is 10.1. The maximum Gasteiger partial charge on any atom is 0.338 e. The Labute approximate surface area is 174 Å². The number of benzene rings is 2. The van der Waals surface area contributed by atoms with Crippen LogP contribution in [0.4, 0.5) is 11.4 Å². The molecule has 1 atom stereocenters. The molecule has 1 heterocycles. The summed E-state index contributed by atoms with van der Waals surface area (Å²) in [5, 5.41) is 3.12. The molecule has 1 aliphatic heterocycles. The quantitative estimate of drug-likeness (QED) is 0.718. The van der Waals surface area contributed by atoms with Crippen LogP contribution in [0, 0.1) is 0 Å². The number of esters is 1. The maximum absolute atomic E-state index is 12.5. The zero-order valence-corrected chi connectivity index (χ0v) is 17.2. The molecule has 0 aromatic heterocycles. The molecule has 1 N–H and O–H groups in total. The molecular weight excluding hydrogens is 392 g/mol. The number of aryl methyl sites for hydroxylation is 1. The van der Waals surface area contributed by atoms with Crippen molar-refractivity contribution < 1.29 is 19.1 Å². The second-order valence-corrected chi connectivity index (χ2v) is 7.31. The van der Waals surface area contributed by atoms with Gasteiger partial charge in [-0.05, 0) is 55.7 Å². The third kappa shape index (κ3) is 4.95. The van der Waals surface area contributed by atoms with E-state index in [1.165, 1.54) is 19.1 Å². The standard InChI is InChI=1S/C22H23ClN2O4/c1-3-15-6-9-17(10-7-15)24-21(27)14(2)29-22(28)16-8-11-18(23)19(13-16)25-12-4-5-20(25)26/h6-11,13-14H,3-5,12H2,1-2H3,(H,24,27)/t14-/m1/s1. The van der Waals surface area contributed by atoms with E-state index in [9.17, 15) is 14.4 Å². The summed E-state index contributed by atoms with van der Waals surface area (Å²) in [6.45, 7) is 4.12. The van der Waals surface area contributed by atoms with Crippen molar-refractivity contribution in [3.8, 4) is 0 Å². The summed E-state index contributed by atoms with van der Waals surface area (Å²) in [5.41, 5.74) is 2.52. The molecule has 6 nitrogen and oxygen atoms in total. The van der Waals surface area contributed by atoms with E-state index in [1.807, 2.05) is 24.3 Å². The highest BCUT2D eigenvalue weighted by Crippen LogP contribution is 2.30. The average Bonchev–Trinajstić information content (AvgIpc) is 3.14. The lowest BCUT2D eigenvalue weighted by Crippen LogP contribution is -2.30. The van der Waals surface area contributed by atoms with E-state index in [0.29, 0.717) is 29.4 Å². The molecule has 1 fully saturated rings. The normalized spacial score (nSPS) is 14.6. The number of amides is 2. The van der Waals surface area contributed by atoms with Crippen molar-refractivity contribution >= 4 is 40.8 Å². The molecular formula is C22H23ClN2O4. The third-order valence-corrected chi connectivity index (χ3v) is 5.15. The fourth-order valence-electron chi connectivity index (χ4n) is 3.10. The molecule has 2 aromatic carbocycles. The highest BCUT2D eigenvalue weighted by Gasteiger charge is 2.25. The number of nitrogens with zero attached hydrogens (tertiary/aromatic N) is 1. The Morgan fingerprint density at radius 3 is 2.55 bits per heavy atom. The molecule has 0 saturated carbocycles. The van der Waals surface area contributed by atoms with E-state index >= 15 is 0 Å². The minimum atomic E-state index is -0.985. The van der Waals surface area contributed by atoms with Crippen LogP contribution in [-0.2, 0) is 20.7 Å². The van der Waals surface area contributed by atoms with Crippen LogP contribution in [0.15, 0.2) is 42.5 Å². The molecule has 2 amide bonds. The first-order valence-corrected chi connectivity index (χ1v) is 9.97. The highest BCUT2D eigenvalue weighted by molar-refractivity contribution is 6.34. The number of rotatable bonds is 6. The SMILES string of the molecule is CCc1ccc(NC(=O)[C@@H](C)OC(=O)c2ccc(Cl)c(N3CCCC3=O)c2)cc1. The topological polar surface area (TPSA) is 75.7 Å². The fraction of sp³-hybridized carbons (Fsp3) is 0.318. The molecule has 0 aliphatic carbocycles. The van der Waals surface area contributed by atoms with Gasteiger partial charge in [-0.15, -0.1) is 0 Å². The van der Waals surface area contributed by atoms with Crippen LogP contribution < -0.4 is 10.2 Å². The Balaban J connectivity index is 1.65. The predicted molar refractivity (Wildman–Crippen MR) is 112 cm³/mol. The fourth-order valence-corrected chi connectivity index (χ4v) is 3.32. The molecule has 0 unspecified atom stereocenters. The van der Waals surface area contributed by atoms with Gasteiger partial charge < -0.3 is 15.0 Å². The molecule has 0 spiro atoms. The largest absolute Gasteiger partial charge is 0.449 e. The van der Waals surface area contributed by atoms with Gasteiger partial charge in [0.25, 0.3) is 5.91 Å². The van der Waals surface area contributed by atoms with Crippen LogP contribution in [0.5, 0.6) is 0 Å². The number of hydrogen-bond acceptors (Lipinski definition) is 4. The third-order valence-electron chi connectivity index (χ3n) is 4.83. The van der Waals surface area contributed by atoms with Crippen molar-refractivity contribution in [3.63, 3.8) is 0 Å². The van der Waals surface area contributed by atoms with Crippen LogP contribution in [-0.4, -0.2) is 30.4 Å². The zero-order chi connectivity index (χ0) is 21.0. The van der Waals surface area contributed by atoms with Crippen molar-refractivity contribution in [2.45, 2.75) is 39.2 Å². The van der Waals surface area contributed by atoms with Crippen LogP contribution >= 0.6 is 11.6 Å². The van der Waals surface area contributed by atoms with Gasteiger partial charge in [-0.2, -0.15) is 0 Å². The molecule has 1 saturated heterocycles. The number of ether oxygens (including phenoxy) is 1. The molecule has 1 aliphatic rings. The van der Waals surface area contributed by atoms with Crippen molar-refractivity contribution in [2.75, 3.05) is 16.8 Å². The molecule has 152 valence electrons. The van der Waals surface area contributed by atoms with Crippen LogP contribution in [0.25, 0.3) is 0 Å². The summed E-state index contributed by atoms with van der Waals surface area (Å²) in [6.07, 6.45) is 1.14. The van der Waals surface area contributed by atoms with Gasteiger partial charge in [0, 0.05) is 18.7 Å². The lowest BCUT2D eigenvalue weighted by Gasteiger charge is -2.19.